The highest BCUT2D eigenvalue weighted by Crippen LogP contribution is 2.22. The van der Waals surface area contributed by atoms with Crippen LogP contribution in [0.25, 0.3) is 0 Å². The number of aromatic nitrogens is 2. The van der Waals surface area contributed by atoms with E-state index in [-0.39, 0.29) is 18.4 Å². The highest BCUT2D eigenvalue weighted by Gasteiger charge is 2.42. The van der Waals surface area contributed by atoms with Crippen molar-refractivity contribution in [1.29, 1.82) is 0 Å². The number of carbonyl (C=O) groups is 2. The lowest BCUT2D eigenvalue weighted by atomic mass is 9.97. The first-order valence-corrected chi connectivity index (χ1v) is 6.16. The number of hydrogen-bond donors (Lipinski definition) is 1. The van der Waals surface area contributed by atoms with Crippen molar-refractivity contribution >= 4 is 17.5 Å². The Balaban J connectivity index is 2.12. The fraction of sp³-hybridized carbons (Fsp3) is 0.583. The van der Waals surface area contributed by atoms with Gasteiger partial charge in [0.15, 0.2) is 0 Å². The quantitative estimate of drug-likeness (QED) is 0.784. The summed E-state index contributed by atoms with van der Waals surface area (Å²) in [5.41, 5.74) is 5.26. The first kappa shape index (κ1) is 13.4. The molecule has 1 saturated heterocycles. The number of likely N-dealkylation sites (N-methyl/N-ethyl adjacent to an activating group) is 1. The Morgan fingerprint density at radius 3 is 2.74 bits per heavy atom. The van der Waals surface area contributed by atoms with Gasteiger partial charge in [-0.3, -0.25) is 14.3 Å². The summed E-state index contributed by atoms with van der Waals surface area (Å²) in [5, 5.41) is 3.98. The second-order valence-electron chi connectivity index (χ2n) is 5.30. The third kappa shape index (κ3) is 2.40. The summed E-state index contributed by atoms with van der Waals surface area (Å²) in [4.78, 5) is 27.7. The maximum atomic E-state index is 12.3. The van der Waals surface area contributed by atoms with E-state index >= 15 is 0 Å². The molecule has 1 fully saturated rings. The Bertz CT molecular complexity index is 508. The van der Waals surface area contributed by atoms with Crippen LogP contribution in [0.1, 0.15) is 13.8 Å². The van der Waals surface area contributed by atoms with Crippen LogP contribution in [-0.2, 0) is 16.1 Å². The van der Waals surface area contributed by atoms with Crippen LogP contribution in [0.5, 0.6) is 0 Å². The fourth-order valence-electron chi connectivity index (χ4n) is 2.34. The third-order valence-corrected chi connectivity index (χ3v) is 3.46. The van der Waals surface area contributed by atoms with Crippen molar-refractivity contribution in [3.8, 4) is 0 Å². The normalized spacial score (nSPS) is 18.8. The SMILES string of the molecule is CN1CCN(C(=O)Cn2cc(N)cn2)C(C)(C)C1=O. The minimum Gasteiger partial charge on any atom is -0.396 e. The van der Waals surface area contributed by atoms with Gasteiger partial charge in [0.25, 0.3) is 0 Å². The van der Waals surface area contributed by atoms with Gasteiger partial charge < -0.3 is 15.5 Å². The Morgan fingerprint density at radius 1 is 1.47 bits per heavy atom. The first-order valence-electron chi connectivity index (χ1n) is 6.16. The highest BCUT2D eigenvalue weighted by atomic mass is 16.2. The molecule has 0 saturated carbocycles. The van der Waals surface area contributed by atoms with Crippen LogP contribution in [-0.4, -0.2) is 57.1 Å². The van der Waals surface area contributed by atoms with Gasteiger partial charge in [0.2, 0.25) is 11.8 Å². The Morgan fingerprint density at radius 2 is 2.16 bits per heavy atom. The molecule has 0 spiro atoms. The molecule has 0 radical (unpaired) electrons. The maximum absolute atomic E-state index is 12.3. The molecular weight excluding hydrogens is 246 g/mol. The van der Waals surface area contributed by atoms with E-state index in [2.05, 4.69) is 5.10 Å². The van der Waals surface area contributed by atoms with Crippen LogP contribution in [0.15, 0.2) is 12.4 Å². The molecular formula is C12H19N5O2. The Labute approximate surface area is 111 Å². The summed E-state index contributed by atoms with van der Waals surface area (Å²) in [5.74, 6) is -0.179. The number of nitrogens with zero attached hydrogens (tertiary/aromatic N) is 4. The van der Waals surface area contributed by atoms with Crippen LogP contribution in [0.4, 0.5) is 5.69 Å². The summed E-state index contributed by atoms with van der Waals surface area (Å²) >= 11 is 0. The van der Waals surface area contributed by atoms with Crippen LogP contribution in [0, 0.1) is 0 Å². The van der Waals surface area contributed by atoms with E-state index in [1.54, 1.807) is 36.9 Å². The standard InChI is InChI=1S/C12H19N5O2/c1-12(2)11(19)15(3)4-5-17(12)10(18)8-16-7-9(13)6-14-16/h6-7H,4-5,8,13H2,1-3H3. The lowest BCUT2D eigenvalue weighted by molar-refractivity contribution is -0.157. The zero-order valence-corrected chi connectivity index (χ0v) is 11.5. The van der Waals surface area contributed by atoms with Crippen molar-refractivity contribution in [2.45, 2.75) is 25.9 Å². The van der Waals surface area contributed by atoms with Crippen LogP contribution >= 0.6 is 0 Å². The minimum absolute atomic E-state index is 0.0490. The molecule has 2 heterocycles. The predicted octanol–water partition coefficient (Wildman–Crippen LogP) is -0.455. The van der Waals surface area contributed by atoms with Gasteiger partial charge in [-0.05, 0) is 13.8 Å². The summed E-state index contributed by atoms with van der Waals surface area (Å²) in [6.07, 6.45) is 3.09. The Hall–Kier alpha value is -2.05. The fourth-order valence-corrected chi connectivity index (χ4v) is 2.34. The molecule has 104 valence electrons. The molecule has 1 aliphatic heterocycles. The van der Waals surface area contributed by atoms with Gasteiger partial charge in [0, 0.05) is 26.3 Å². The monoisotopic (exact) mass is 265 g/mol. The molecule has 19 heavy (non-hydrogen) atoms. The molecule has 0 atom stereocenters. The minimum atomic E-state index is -0.817. The van der Waals surface area contributed by atoms with Crippen molar-refractivity contribution in [3.63, 3.8) is 0 Å². The molecule has 7 nitrogen and oxygen atoms in total. The number of nitrogens with two attached hydrogens (primary N) is 1. The van der Waals surface area contributed by atoms with Crippen molar-refractivity contribution in [3.05, 3.63) is 12.4 Å². The lowest BCUT2D eigenvalue weighted by Crippen LogP contribution is -2.64. The summed E-state index contributed by atoms with van der Waals surface area (Å²) in [6.45, 7) is 4.71. The van der Waals surface area contributed by atoms with Crippen molar-refractivity contribution in [1.82, 2.24) is 19.6 Å². The van der Waals surface area contributed by atoms with Gasteiger partial charge in [-0.2, -0.15) is 5.10 Å². The van der Waals surface area contributed by atoms with Crippen molar-refractivity contribution < 1.29 is 9.59 Å². The maximum Gasteiger partial charge on any atom is 0.247 e. The molecule has 7 heteroatoms. The third-order valence-electron chi connectivity index (χ3n) is 3.46. The van der Waals surface area contributed by atoms with Gasteiger partial charge in [-0.25, -0.2) is 0 Å². The number of rotatable bonds is 2. The number of anilines is 1. The zero-order chi connectivity index (χ0) is 14.2. The van der Waals surface area contributed by atoms with Gasteiger partial charge in [0.05, 0.1) is 11.9 Å². The number of hydrogen-bond acceptors (Lipinski definition) is 4. The second-order valence-corrected chi connectivity index (χ2v) is 5.30. The van der Waals surface area contributed by atoms with Crippen LogP contribution < -0.4 is 5.73 Å². The summed E-state index contributed by atoms with van der Waals surface area (Å²) in [7, 11) is 1.75. The number of amides is 2. The van der Waals surface area contributed by atoms with E-state index in [0.717, 1.165) is 0 Å². The molecule has 0 aromatic carbocycles. The van der Waals surface area contributed by atoms with Crippen molar-refractivity contribution in [2.75, 3.05) is 25.9 Å². The van der Waals surface area contributed by atoms with E-state index in [1.807, 2.05) is 0 Å². The largest absolute Gasteiger partial charge is 0.396 e. The predicted molar refractivity (Wildman–Crippen MR) is 70.1 cm³/mol. The molecule has 2 rings (SSSR count). The van der Waals surface area contributed by atoms with Gasteiger partial charge >= 0.3 is 0 Å². The van der Waals surface area contributed by atoms with E-state index in [1.165, 1.54) is 10.9 Å². The van der Waals surface area contributed by atoms with E-state index < -0.39 is 5.54 Å². The number of piperazine rings is 1. The molecule has 0 bridgehead atoms. The molecule has 0 unspecified atom stereocenters. The first-order chi connectivity index (χ1) is 8.82. The van der Waals surface area contributed by atoms with Gasteiger partial charge in [-0.1, -0.05) is 0 Å². The molecule has 2 amide bonds. The van der Waals surface area contributed by atoms with E-state index in [0.29, 0.717) is 18.8 Å². The second kappa shape index (κ2) is 4.56. The molecule has 2 N–H and O–H groups in total. The van der Waals surface area contributed by atoms with Crippen molar-refractivity contribution in [2.24, 2.45) is 0 Å². The molecule has 1 aromatic heterocycles. The molecule has 1 aromatic rings. The Kier molecular flexibility index (Phi) is 3.21. The number of nitrogen functional groups attached to an aromatic ring is 1. The van der Waals surface area contributed by atoms with Gasteiger partial charge in [-0.15, -0.1) is 0 Å². The highest BCUT2D eigenvalue weighted by molar-refractivity contribution is 5.91. The average Bonchev–Trinajstić information content (AvgIpc) is 2.71. The average molecular weight is 265 g/mol. The van der Waals surface area contributed by atoms with Gasteiger partial charge in [0.1, 0.15) is 12.1 Å². The molecule has 0 aliphatic carbocycles. The van der Waals surface area contributed by atoms with Crippen LogP contribution in [0.2, 0.25) is 0 Å². The lowest BCUT2D eigenvalue weighted by Gasteiger charge is -2.44. The summed E-state index contributed by atoms with van der Waals surface area (Å²) < 4.78 is 1.48. The topological polar surface area (TPSA) is 84.5 Å². The van der Waals surface area contributed by atoms with Crippen LogP contribution in [0.3, 0.4) is 0 Å². The van der Waals surface area contributed by atoms with E-state index in [9.17, 15) is 9.59 Å². The zero-order valence-electron chi connectivity index (χ0n) is 11.5. The number of carbonyl (C=O) groups excluding carboxylic acids is 2. The van der Waals surface area contributed by atoms with E-state index in [4.69, 9.17) is 5.73 Å². The summed E-state index contributed by atoms with van der Waals surface area (Å²) in [6, 6.07) is 0. The molecule has 1 aliphatic rings. The smallest absolute Gasteiger partial charge is 0.247 e.